The fourth-order valence-corrected chi connectivity index (χ4v) is 5.01. The van der Waals surface area contributed by atoms with E-state index in [1.165, 1.54) is 4.90 Å². The Balaban J connectivity index is 2.07. The molecule has 4 N–H and O–H groups in total. The molecule has 1 aliphatic rings. The Morgan fingerprint density at radius 2 is 1.97 bits per heavy atom. The van der Waals surface area contributed by atoms with Crippen molar-refractivity contribution in [3.63, 3.8) is 0 Å². The summed E-state index contributed by atoms with van der Waals surface area (Å²) in [5.74, 6) is 2.72. The van der Waals surface area contributed by atoms with Gasteiger partial charge in [-0.15, -0.1) is 0 Å². The molecule has 1 fully saturated rings. The van der Waals surface area contributed by atoms with E-state index in [9.17, 15) is 17.2 Å². The molecule has 1 aromatic carbocycles. The number of rotatable bonds is 7. The average molecular weight is 475 g/mol. The van der Waals surface area contributed by atoms with Crippen molar-refractivity contribution in [2.75, 3.05) is 34.5 Å². The summed E-state index contributed by atoms with van der Waals surface area (Å²) >= 11 is 6.19. The van der Waals surface area contributed by atoms with Gasteiger partial charge in [0.1, 0.15) is 5.69 Å². The van der Waals surface area contributed by atoms with Gasteiger partial charge >= 0.3 is 0 Å². The minimum Gasteiger partial charge on any atom is -0.393 e. The summed E-state index contributed by atoms with van der Waals surface area (Å²) in [6, 6.07) is 6.96. The molecule has 0 unspecified atom stereocenters. The molecule has 0 amide bonds. The van der Waals surface area contributed by atoms with Crippen LogP contribution in [0, 0.1) is 5.92 Å². The Bertz CT molecular complexity index is 1070. The van der Waals surface area contributed by atoms with Crippen molar-refractivity contribution in [2.24, 2.45) is 11.8 Å². The van der Waals surface area contributed by atoms with Gasteiger partial charge in [-0.05, 0) is 17.5 Å². The molecule has 170 valence electrons. The van der Waals surface area contributed by atoms with Gasteiger partial charge in [-0.1, -0.05) is 43.6 Å². The number of nitrogen functional groups attached to an aromatic ring is 1. The van der Waals surface area contributed by atoms with E-state index in [0.29, 0.717) is 10.6 Å². The number of hydrogen-bond donors (Lipinski definition) is 2. The van der Waals surface area contributed by atoms with Crippen LogP contribution in [-0.4, -0.2) is 43.2 Å². The molecule has 2 heterocycles. The summed E-state index contributed by atoms with van der Waals surface area (Å²) < 4.78 is 53.3. The van der Waals surface area contributed by atoms with Crippen molar-refractivity contribution < 1.29 is 17.2 Å². The van der Waals surface area contributed by atoms with Gasteiger partial charge in [0, 0.05) is 18.0 Å². The molecule has 0 bridgehead atoms. The molecule has 0 spiro atoms. The monoisotopic (exact) mass is 474 g/mol. The van der Waals surface area contributed by atoms with Crippen molar-refractivity contribution in [2.45, 2.75) is 37.9 Å². The topological polar surface area (TPSA) is 118 Å². The molecule has 31 heavy (non-hydrogen) atoms. The van der Waals surface area contributed by atoms with Crippen LogP contribution in [0.25, 0.3) is 0 Å². The molecule has 0 aliphatic carbocycles. The third-order valence-electron chi connectivity index (χ3n) is 4.76. The van der Waals surface area contributed by atoms with Crippen LogP contribution < -0.4 is 21.5 Å². The average Bonchev–Trinajstić information content (AvgIpc) is 3.02. The first-order chi connectivity index (χ1) is 14.4. The van der Waals surface area contributed by atoms with Gasteiger partial charge in [0.05, 0.1) is 18.8 Å². The lowest BCUT2D eigenvalue weighted by Gasteiger charge is -2.25. The van der Waals surface area contributed by atoms with Crippen LogP contribution in [0.2, 0.25) is 5.02 Å². The number of hydrogen-bond acceptors (Lipinski definition) is 8. The molecule has 2 aromatic rings. The third-order valence-corrected chi connectivity index (χ3v) is 6.97. The number of nitrogens with zero attached hydrogens (tertiary/aromatic N) is 4. The van der Waals surface area contributed by atoms with Gasteiger partial charge in [0.15, 0.2) is 11.6 Å². The first-order valence-electron chi connectivity index (χ1n) is 9.68. The van der Waals surface area contributed by atoms with E-state index in [4.69, 9.17) is 23.2 Å². The summed E-state index contributed by atoms with van der Waals surface area (Å²) in [6.45, 7) is 2.91. The lowest BCUT2D eigenvalue weighted by molar-refractivity contribution is 0.0257. The zero-order chi connectivity index (χ0) is 23.0. The first kappa shape index (κ1) is 23.4. The van der Waals surface area contributed by atoms with E-state index < -0.39 is 27.5 Å². The molecule has 0 saturated carbocycles. The Kier molecular flexibility index (Phi) is 6.59. The van der Waals surface area contributed by atoms with Crippen LogP contribution in [-0.2, 0) is 16.4 Å². The van der Waals surface area contributed by atoms with Gasteiger partial charge in [0.2, 0.25) is 9.84 Å². The van der Waals surface area contributed by atoms with E-state index >= 15 is 0 Å². The number of alkyl halides is 2. The highest BCUT2D eigenvalue weighted by molar-refractivity contribution is 7.91. The lowest BCUT2D eigenvalue weighted by Crippen LogP contribution is -2.34. The lowest BCUT2D eigenvalue weighted by atomic mass is 10.2. The highest BCUT2D eigenvalue weighted by atomic mass is 35.5. The Morgan fingerprint density at radius 3 is 2.55 bits per heavy atom. The van der Waals surface area contributed by atoms with Crippen LogP contribution in [0.15, 0.2) is 29.4 Å². The number of sulfone groups is 1. The summed E-state index contributed by atoms with van der Waals surface area (Å²) in [6.07, 6.45) is -0.383. The van der Waals surface area contributed by atoms with Gasteiger partial charge < -0.3 is 10.6 Å². The van der Waals surface area contributed by atoms with Crippen molar-refractivity contribution >= 4 is 38.8 Å². The Hall–Kier alpha value is -2.24. The van der Waals surface area contributed by atoms with Crippen molar-refractivity contribution in [3.8, 4) is 0 Å². The largest absolute Gasteiger partial charge is 0.393 e. The number of nitrogens with two attached hydrogens (primary N) is 2. The SMILES string of the molecule is CC(C)CS(=O)(=O)c1nc(N(N)Cc2ccccc2Cl)c(N)c(N2CCC(F)(F)C2)n1. The molecule has 0 atom stereocenters. The summed E-state index contributed by atoms with van der Waals surface area (Å²) in [5.41, 5.74) is 6.78. The van der Waals surface area contributed by atoms with E-state index in [1.54, 1.807) is 38.1 Å². The molecule has 12 heteroatoms. The van der Waals surface area contributed by atoms with Crippen LogP contribution in [0.1, 0.15) is 25.8 Å². The van der Waals surface area contributed by atoms with Gasteiger partial charge in [-0.3, -0.25) is 5.01 Å². The third kappa shape index (κ3) is 5.34. The maximum Gasteiger partial charge on any atom is 0.266 e. The molecule has 0 radical (unpaired) electrons. The summed E-state index contributed by atoms with van der Waals surface area (Å²) in [4.78, 5) is 9.45. The second kappa shape index (κ2) is 8.71. The van der Waals surface area contributed by atoms with Crippen LogP contribution >= 0.6 is 11.6 Å². The minimum absolute atomic E-state index is 0.0214. The maximum atomic E-state index is 13.8. The number of aromatic nitrogens is 2. The fraction of sp³-hybridized carbons (Fsp3) is 0.474. The highest BCUT2D eigenvalue weighted by Crippen LogP contribution is 2.37. The van der Waals surface area contributed by atoms with Crippen molar-refractivity contribution in [1.82, 2.24) is 9.97 Å². The zero-order valence-corrected chi connectivity index (χ0v) is 18.8. The predicted octanol–water partition coefficient (Wildman–Crippen LogP) is 2.87. The van der Waals surface area contributed by atoms with E-state index in [-0.39, 0.29) is 48.5 Å². The molecule has 1 aromatic heterocycles. The van der Waals surface area contributed by atoms with Gasteiger partial charge in [0.25, 0.3) is 11.1 Å². The molecular formula is C19H25ClF2N6O2S. The predicted molar refractivity (Wildman–Crippen MR) is 117 cm³/mol. The van der Waals surface area contributed by atoms with Crippen molar-refractivity contribution in [3.05, 3.63) is 34.9 Å². The molecule has 1 aliphatic heterocycles. The second-order valence-electron chi connectivity index (χ2n) is 7.99. The second-order valence-corrected chi connectivity index (χ2v) is 10.3. The van der Waals surface area contributed by atoms with Crippen molar-refractivity contribution in [1.29, 1.82) is 0 Å². The fourth-order valence-electron chi connectivity index (χ4n) is 3.34. The number of halogens is 3. The molecular weight excluding hydrogens is 450 g/mol. The standard InChI is InChI=1S/C19H25ClF2N6O2S/c1-12(2)10-31(29,30)18-25-16(27-8-7-19(21,22)11-27)15(23)17(26-18)28(24)9-13-5-3-4-6-14(13)20/h3-6,12H,7-11,23-24H2,1-2H3. The number of hydrazine groups is 1. The Labute approximate surface area is 185 Å². The molecule has 3 rings (SSSR count). The quantitative estimate of drug-likeness (QED) is 0.357. The Morgan fingerprint density at radius 1 is 1.29 bits per heavy atom. The minimum atomic E-state index is -3.89. The smallest absolute Gasteiger partial charge is 0.266 e. The number of benzene rings is 1. The zero-order valence-electron chi connectivity index (χ0n) is 17.2. The maximum absolute atomic E-state index is 13.8. The first-order valence-corrected chi connectivity index (χ1v) is 11.7. The van der Waals surface area contributed by atoms with Gasteiger partial charge in [-0.25, -0.2) is 23.0 Å². The van der Waals surface area contributed by atoms with Crippen LogP contribution in [0.4, 0.5) is 26.1 Å². The summed E-state index contributed by atoms with van der Waals surface area (Å²) in [7, 11) is -3.89. The highest BCUT2D eigenvalue weighted by Gasteiger charge is 2.40. The van der Waals surface area contributed by atoms with E-state index in [1.807, 2.05) is 0 Å². The van der Waals surface area contributed by atoms with E-state index in [2.05, 4.69) is 9.97 Å². The van der Waals surface area contributed by atoms with Crippen LogP contribution in [0.5, 0.6) is 0 Å². The van der Waals surface area contributed by atoms with E-state index in [0.717, 1.165) is 5.01 Å². The molecule has 8 nitrogen and oxygen atoms in total. The van der Waals surface area contributed by atoms with Gasteiger partial charge in [-0.2, -0.15) is 9.97 Å². The summed E-state index contributed by atoms with van der Waals surface area (Å²) in [5, 5.41) is 1.10. The number of anilines is 3. The van der Waals surface area contributed by atoms with Crippen LogP contribution in [0.3, 0.4) is 0 Å². The molecule has 1 saturated heterocycles. The normalized spacial score (nSPS) is 16.2.